The molecule has 1 aromatic heterocycles. The third kappa shape index (κ3) is 6.20. The molecular weight excluding hydrogens is 539 g/mol. The normalized spacial score (nSPS) is 17.1. The smallest absolute Gasteiger partial charge is 0.421 e. The molecule has 4 rings (SSSR count). The summed E-state index contributed by atoms with van der Waals surface area (Å²) in [6.45, 7) is 2.65. The predicted octanol–water partition coefficient (Wildman–Crippen LogP) is 4.94. The first kappa shape index (κ1) is 27.7. The number of halogens is 4. The van der Waals surface area contributed by atoms with E-state index in [-0.39, 0.29) is 34.6 Å². The number of rotatable bonds is 7. The average molecular weight is 562 g/mol. The van der Waals surface area contributed by atoms with Crippen LogP contribution in [0.5, 0.6) is 0 Å². The second-order valence-electron chi connectivity index (χ2n) is 8.85. The maximum absolute atomic E-state index is 13.5. The third-order valence-corrected chi connectivity index (χ3v) is 8.31. The van der Waals surface area contributed by atoms with Crippen LogP contribution in [0, 0.1) is 11.3 Å². The number of nitrogens with zero attached hydrogens (tertiary/aromatic N) is 4. The van der Waals surface area contributed by atoms with E-state index in [0.717, 1.165) is 11.6 Å². The lowest BCUT2D eigenvalue weighted by atomic mass is 10.0. The Labute approximate surface area is 225 Å². The SMILES string of the molecule is CC(CNC(=O)c1cnc(C#N)nc1N1CC[C@H]([S+]([O-])c2ccccc2C(F)(F)F)C1)c1ccc(Cl)cc1. The molecule has 1 amide bonds. The van der Waals surface area contributed by atoms with Gasteiger partial charge < -0.3 is 14.8 Å². The number of anilines is 1. The molecule has 0 aliphatic carbocycles. The van der Waals surface area contributed by atoms with Crippen molar-refractivity contribution in [3.63, 3.8) is 0 Å². The molecule has 1 aliphatic rings. The summed E-state index contributed by atoms with van der Waals surface area (Å²) in [6, 6.07) is 13.9. The van der Waals surface area contributed by atoms with Crippen LogP contribution in [0.15, 0.2) is 59.6 Å². The molecule has 0 spiro atoms. The molecule has 1 saturated heterocycles. The minimum Gasteiger partial charge on any atom is -0.611 e. The van der Waals surface area contributed by atoms with Gasteiger partial charge in [-0.15, -0.1) is 0 Å². The monoisotopic (exact) mass is 561 g/mol. The Hall–Kier alpha value is -3.33. The number of nitriles is 1. The number of aromatic nitrogens is 2. The second-order valence-corrected chi connectivity index (χ2v) is 11.0. The Bertz CT molecular complexity index is 1350. The fraction of sp³-hybridized carbons (Fsp3) is 0.308. The summed E-state index contributed by atoms with van der Waals surface area (Å²) in [5.41, 5.74) is 0.171. The first-order chi connectivity index (χ1) is 18.1. The van der Waals surface area contributed by atoms with Gasteiger partial charge in [0.1, 0.15) is 28.3 Å². The minimum absolute atomic E-state index is 0.0220. The van der Waals surface area contributed by atoms with Crippen molar-refractivity contribution in [1.82, 2.24) is 15.3 Å². The Balaban J connectivity index is 1.51. The number of alkyl halides is 3. The lowest BCUT2D eigenvalue weighted by Gasteiger charge is -2.22. The van der Waals surface area contributed by atoms with Gasteiger partial charge in [0.05, 0.1) is 6.54 Å². The van der Waals surface area contributed by atoms with Crippen LogP contribution in [0.1, 0.15) is 46.6 Å². The number of amides is 1. The summed E-state index contributed by atoms with van der Waals surface area (Å²) >= 11 is 3.99. The third-order valence-electron chi connectivity index (χ3n) is 6.28. The van der Waals surface area contributed by atoms with Crippen molar-refractivity contribution in [2.45, 2.75) is 35.6 Å². The van der Waals surface area contributed by atoms with Crippen LogP contribution in [-0.2, 0) is 17.4 Å². The Morgan fingerprint density at radius 2 is 2.00 bits per heavy atom. The van der Waals surface area contributed by atoms with Crippen LogP contribution in [0.4, 0.5) is 19.0 Å². The van der Waals surface area contributed by atoms with Crippen molar-refractivity contribution >= 4 is 34.5 Å². The lowest BCUT2D eigenvalue weighted by molar-refractivity contribution is -0.139. The van der Waals surface area contributed by atoms with Gasteiger partial charge in [-0.3, -0.25) is 4.79 Å². The predicted molar refractivity (Wildman–Crippen MR) is 137 cm³/mol. The molecule has 198 valence electrons. The minimum atomic E-state index is -4.63. The summed E-state index contributed by atoms with van der Waals surface area (Å²) in [5, 5.41) is 12.1. The highest BCUT2D eigenvalue weighted by atomic mass is 35.5. The van der Waals surface area contributed by atoms with E-state index in [1.807, 2.05) is 25.1 Å². The molecule has 7 nitrogen and oxygen atoms in total. The van der Waals surface area contributed by atoms with Crippen molar-refractivity contribution < 1.29 is 22.5 Å². The summed E-state index contributed by atoms with van der Waals surface area (Å²) in [4.78, 5) is 22.6. The van der Waals surface area contributed by atoms with Gasteiger partial charge in [-0.2, -0.15) is 18.4 Å². The quantitative estimate of drug-likeness (QED) is 0.410. The van der Waals surface area contributed by atoms with Gasteiger partial charge >= 0.3 is 6.18 Å². The van der Waals surface area contributed by atoms with Crippen molar-refractivity contribution in [3.8, 4) is 6.07 Å². The molecule has 1 N–H and O–H groups in total. The van der Waals surface area contributed by atoms with E-state index in [9.17, 15) is 27.8 Å². The maximum atomic E-state index is 13.5. The number of hydrogen-bond donors (Lipinski definition) is 1. The largest absolute Gasteiger partial charge is 0.611 e. The lowest BCUT2D eigenvalue weighted by Crippen LogP contribution is -2.33. The highest BCUT2D eigenvalue weighted by Crippen LogP contribution is 2.37. The molecule has 38 heavy (non-hydrogen) atoms. The number of hydrogen-bond acceptors (Lipinski definition) is 6. The summed E-state index contributed by atoms with van der Waals surface area (Å²) in [5.74, 6) is -0.460. The zero-order chi connectivity index (χ0) is 27.4. The molecule has 0 saturated carbocycles. The second kappa shape index (κ2) is 11.6. The molecule has 12 heteroatoms. The molecule has 2 unspecified atom stereocenters. The number of benzene rings is 2. The van der Waals surface area contributed by atoms with E-state index in [4.69, 9.17) is 11.6 Å². The van der Waals surface area contributed by atoms with Crippen molar-refractivity contribution in [3.05, 3.63) is 82.3 Å². The van der Waals surface area contributed by atoms with E-state index in [1.165, 1.54) is 24.4 Å². The maximum Gasteiger partial charge on any atom is 0.421 e. The van der Waals surface area contributed by atoms with Gasteiger partial charge in [0.15, 0.2) is 4.90 Å². The van der Waals surface area contributed by atoms with Gasteiger partial charge in [0, 0.05) is 30.7 Å². The first-order valence-corrected chi connectivity index (χ1v) is 13.3. The van der Waals surface area contributed by atoms with E-state index in [2.05, 4.69) is 15.3 Å². The zero-order valence-electron chi connectivity index (χ0n) is 20.2. The molecule has 0 radical (unpaired) electrons. The standard InChI is InChI=1S/C26H23ClF3N5O2S/c1-16(17-6-8-18(27)9-7-17)13-33-25(36)20-14-32-23(12-31)34-24(20)35-11-10-19(15-35)38(37)22-5-3-2-4-21(22)26(28,29)30/h2-9,14,16,19H,10-11,13,15H2,1H3,(H,33,36)/t16?,19-,38?/m0/s1. The average Bonchev–Trinajstić information content (AvgIpc) is 3.41. The van der Waals surface area contributed by atoms with E-state index in [0.29, 0.717) is 24.5 Å². The Morgan fingerprint density at radius 1 is 1.29 bits per heavy atom. The van der Waals surface area contributed by atoms with Gasteiger partial charge in [-0.25, -0.2) is 9.97 Å². The molecule has 3 aromatic rings. The van der Waals surface area contributed by atoms with Crippen molar-refractivity contribution in [1.29, 1.82) is 5.26 Å². The van der Waals surface area contributed by atoms with Crippen LogP contribution in [0.3, 0.4) is 0 Å². The van der Waals surface area contributed by atoms with Crippen LogP contribution in [0.2, 0.25) is 5.02 Å². The first-order valence-electron chi connectivity index (χ1n) is 11.7. The van der Waals surface area contributed by atoms with E-state index < -0.39 is 34.1 Å². The molecular formula is C26H23ClF3N5O2S. The summed E-state index contributed by atoms with van der Waals surface area (Å²) in [6.07, 6.45) is -3.06. The molecule has 3 atom stereocenters. The molecule has 2 heterocycles. The molecule has 2 aromatic carbocycles. The van der Waals surface area contributed by atoms with E-state index in [1.54, 1.807) is 17.0 Å². The number of carbonyl (C=O) groups excluding carboxylic acids is 1. The highest BCUT2D eigenvalue weighted by Gasteiger charge is 2.41. The summed E-state index contributed by atoms with van der Waals surface area (Å²) in [7, 11) is 0. The molecule has 0 bridgehead atoms. The van der Waals surface area contributed by atoms with Crippen molar-refractivity contribution in [2.75, 3.05) is 24.5 Å². The molecule has 1 fully saturated rings. The fourth-order valence-electron chi connectivity index (χ4n) is 4.23. The van der Waals surface area contributed by atoms with Gasteiger partial charge in [0.25, 0.3) is 5.91 Å². The van der Waals surface area contributed by atoms with Crippen LogP contribution >= 0.6 is 11.6 Å². The zero-order valence-corrected chi connectivity index (χ0v) is 21.8. The topological polar surface area (TPSA) is 105 Å². The Kier molecular flexibility index (Phi) is 8.45. The van der Waals surface area contributed by atoms with Gasteiger partial charge in [-0.1, -0.05) is 42.8 Å². The van der Waals surface area contributed by atoms with Crippen molar-refractivity contribution in [2.24, 2.45) is 0 Å². The van der Waals surface area contributed by atoms with E-state index >= 15 is 0 Å². The highest BCUT2D eigenvalue weighted by molar-refractivity contribution is 7.92. The summed E-state index contributed by atoms with van der Waals surface area (Å²) < 4.78 is 53.6. The van der Waals surface area contributed by atoms with Gasteiger partial charge in [0.2, 0.25) is 5.82 Å². The van der Waals surface area contributed by atoms with Crippen LogP contribution in [0.25, 0.3) is 0 Å². The molecule has 1 aliphatic heterocycles. The van der Waals surface area contributed by atoms with Gasteiger partial charge in [-0.05, 0) is 46.9 Å². The fourth-order valence-corrected chi connectivity index (χ4v) is 5.96. The van der Waals surface area contributed by atoms with Crippen LogP contribution < -0.4 is 10.2 Å². The number of carbonyl (C=O) groups is 1. The van der Waals surface area contributed by atoms with Crippen LogP contribution in [-0.4, -0.2) is 45.3 Å². The number of nitrogens with one attached hydrogen (secondary N) is 1. The Morgan fingerprint density at radius 3 is 2.68 bits per heavy atom.